The number of ether oxygens (including phenoxy) is 1. The van der Waals surface area contributed by atoms with Gasteiger partial charge in [-0.15, -0.1) is 10.2 Å². The molecule has 0 spiro atoms. The van der Waals surface area contributed by atoms with Crippen molar-refractivity contribution in [1.82, 2.24) is 0 Å². The van der Waals surface area contributed by atoms with E-state index in [1.165, 1.54) is 13.3 Å². The van der Waals surface area contributed by atoms with Gasteiger partial charge in [0.2, 0.25) is 0 Å². The molecular weight excluding hydrogens is 144 g/mol. The van der Waals surface area contributed by atoms with E-state index in [9.17, 15) is 4.79 Å². The van der Waals surface area contributed by atoms with Gasteiger partial charge in [-0.1, -0.05) is 6.42 Å². The molecule has 0 amide bonds. The van der Waals surface area contributed by atoms with E-state index in [4.69, 9.17) is 4.74 Å². The number of hydrogen-bond donors (Lipinski definition) is 0. The number of esters is 1. The second-order valence-electron chi connectivity index (χ2n) is 3.08. The van der Waals surface area contributed by atoms with Gasteiger partial charge in [-0.05, 0) is 12.8 Å². The van der Waals surface area contributed by atoms with Crippen molar-refractivity contribution < 1.29 is 9.53 Å². The molecule has 0 aromatic rings. The van der Waals surface area contributed by atoms with E-state index < -0.39 is 5.85 Å². The minimum Gasteiger partial charge on any atom is -0.413 e. The molecule has 2 rings (SSSR count). The Balaban J connectivity index is 1.93. The third kappa shape index (κ3) is 1.02. The number of hydrogen-bond acceptors (Lipinski definition) is 4. The molecule has 60 valence electrons. The van der Waals surface area contributed by atoms with Crippen molar-refractivity contribution in [1.29, 1.82) is 0 Å². The normalized spacial score (nSPS) is 25.9. The molecule has 1 aliphatic heterocycles. The quantitative estimate of drug-likeness (QED) is 0.565. The maximum atomic E-state index is 10.6. The van der Waals surface area contributed by atoms with Crippen LogP contribution in [0.4, 0.5) is 0 Å². The van der Waals surface area contributed by atoms with Crippen molar-refractivity contribution in [3.8, 4) is 0 Å². The molecule has 0 saturated heterocycles. The van der Waals surface area contributed by atoms with Crippen molar-refractivity contribution >= 4 is 5.97 Å². The maximum Gasteiger partial charge on any atom is 0.338 e. The van der Waals surface area contributed by atoms with Crippen molar-refractivity contribution in [3.63, 3.8) is 0 Å². The van der Waals surface area contributed by atoms with Crippen LogP contribution in [-0.4, -0.2) is 11.8 Å². The predicted octanol–water partition coefficient (Wildman–Crippen LogP) is 1.47. The molecule has 0 N–H and O–H groups in total. The van der Waals surface area contributed by atoms with E-state index in [1.54, 1.807) is 0 Å². The van der Waals surface area contributed by atoms with E-state index in [0.717, 1.165) is 12.8 Å². The zero-order chi connectivity index (χ0) is 7.90. The lowest BCUT2D eigenvalue weighted by Gasteiger charge is -2.28. The molecule has 0 unspecified atom stereocenters. The summed E-state index contributed by atoms with van der Waals surface area (Å²) in [5.41, 5.74) is 0. The molecule has 0 bridgehead atoms. The molecule has 1 fully saturated rings. The fourth-order valence-electron chi connectivity index (χ4n) is 1.33. The van der Waals surface area contributed by atoms with Crippen LogP contribution in [-0.2, 0) is 9.53 Å². The minimum absolute atomic E-state index is 0.290. The number of nitrogens with zero attached hydrogens (tertiary/aromatic N) is 2. The Morgan fingerprint density at radius 2 is 2.18 bits per heavy atom. The topological polar surface area (TPSA) is 51.0 Å². The molecule has 0 aromatic heterocycles. The fraction of sp³-hybridized carbons (Fsp3) is 0.857. The monoisotopic (exact) mass is 154 g/mol. The molecule has 0 radical (unpaired) electrons. The Bertz CT molecular complexity index is 214. The van der Waals surface area contributed by atoms with Gasteiger partial charge in [0.15, 0.2) is 0 Å². The zero-order valence-corrected chi connectivity index (χ0v) is 6.41. The minimum atomic E-state index is -0.732. The highest BCUT2D eigenvalue weighted by Gasteiger charge is 2.53. The van der Waals surface area contributed by atoms with Gasteiger partial charge in [0.05, 0.1) is 0 Å². The Kier molecular flexibility index (Phi) is 1.25. The lowest BCUT2D eigenvalue weighted by atomic mass is 9.82. The Hall–Kier alpha value is -0.930. The first-order valence-corrected chi connectivity index (χ1v) is 3.86. The summed E-state index contributed by atoms with van der Waals surface area (Å²) in [6.45, 7) is 1.39. The highest BCUT2D eigenvalue weighted by molar-refractivity contribution is 5.66. The molecule has 2 aliphatic rings. The number of carbonyl (C=O) groups excluding carboxylic acids is 1. The molecule has 1 saturated carbocycles. The summed E-state index contributed by atoms with van der Waals surface area (Å²) in [4.78, 5) is 10.6. The van der Waals surface area contributed by atoms with Gasteiger partial charge in [0, 0.05) is 12.8 Å². The van der Waals surface area contributed by atoms with Crippen molar-refractivity contribution in [3.05, 3.63) is 0 Å². The van der Waals surface area contributed by atoms with Crippen molar-refractivity contribution in [2.24, 2.45) is 16.1 Å². The Morgan fingerprint density at radius 3 is 2.45 bits per heavy atom. The van der Waals surface area contributed by atoms with Crippen molar-refractivity contribution in [2.75, 3.05) is 0 Å². The fourth-order valence-corrected chi connectivity index (χ4v) is 1.33. The molecule has 1 aliphatic carbocycles. The SMILES string of the molecule is CC(=O)OC1(C2CCC2)N=N1. The van der Waals surface area contributed by atoms with Gasteiger partial charge in [-0.3, -0.25) is 4.79 Å². The highest BCUT2D eigenvalue weighted by Crippen LogP contribution is 2.47. The van der Waals surface area contributed by atoms with Crippen LogP contribution < -0.4 is 0 Å². The molecule has 4 heteroatoms. The van der Waals surface area contributed by atoms with Gasteiger partial charge in [-0.2, -0.15) is 0 Å². The summed E-state index contributed by atoms with van der Waals surface area (Å²) in [6.07, 6.45) is 3.37. The third-order valence-corrected chi connectivity index (χ3v) is 2.23. The van der Waals surface area contributed by atoms with Gasteiger partial charge < -0.3 is 4.74 Å². The number of rotatable bonds is 2. The van der Waals surface area contributed by atoms with Gasteiger partial charge in [-0.25, -0.2) is 0 Å². The van der Waals surface area contributed by atoms with Crippen LogP contribution >= 0.6 is 0 Å². The predicted molar refractivity (Wildman–Crippen MR) is 36.7 cm³/mol. The van der Waals surface area contributed by atoms with E-state index in [2.05, 4.69) is 10.2 Å². The van der Waals surface area contributed by atoms with E-state index in [1.807, 2.05) is 0 Å². The van der Waals surface area contributed by atoms with Crippen LogP contribution in [0.25, 0.3) is 0 Å². The molecule has 0 atom stereocenters. The first kappa shape index (κ1) is 6.76. The molecule has 0 aromatic carbocycles. The molecular formula is C7H10N2O2. The van der Waals surface area contributed by atoms with Crippen LogP contribution in [0, 0.1) is 5.92 Å². The Labute approximate surface area is 64.6 Å². The molecule has 4 nitrogen and oxygen atoms in total. The second-order valence-corrected chi connectivity index (χ2v) is 3.08. The maximum absolute atomic E-state index is 10.6. The van der Waals surface area contributed by atoms with E-state index in [-0.39, 0.29) is 5.97 Å². The summed E-state index contributed by atoms with van der Waals surface area (Å²) < 4.78 is 4.98. The van der Waals surface area contributed by atoms with Gasteiger partial charge in [0.25, 0.3) is 0 Å². The summed E-state index contributed by atoms with van der Waals surface area (Å²) in [5.74, 6) is -0.655. The van der Waals surface area contributed by atoms with Crippen LogP contribution in [0.5, 0.6) is 0 Å². The lowest BCUT2D eigenvalue weighted by molar-refractivity contribution is -0.156. The van der Waals surface area contributed by atoms with E-state index >= 15 is 0 Å². The average Bonchev–Trinajstić information content (AvgIpc) is 2.40. The van der Waals surface area contributed by atoms with Crippen LogP contribution in [0.1, 0.15) is 26.2 Å². The molecule has 11 heavy (non-hydrogen) atoms. The first-order valence-electron chi connectivity index (χ1n) is 3.86. The van der Waals surface area contributed by atoms with Crippen LogP contribution in [0.2, 0.25) is 0 Å². The van der Waals surface area contributed by atoms with Gasteiger partial charge >= 0.3 is 11.8 Å². The summed E-state index contributed by atoms with van der Waals surface area (Å²) in [5, 5.41) is 7.56. The smallest absolute Gasteiger partial charge is 0.338 e. The summed E-state index contributed by atoms with van der Waals surface area (Å²) in [6, 6.07) is 0. The molecule has 1 heterocycles. The summed E-state index contributed by atoms with van der Waals surface area (Å²) >= 11 is 0. The number of carbonyl (C=O) groups is 1. The summed E-state index contributed by atoms with van der Waals surface area (Å²) in [7, 11) is 0. The largest absolute Gasteiger partial charge is 0.413 e. The average molecular weight is 154 g/mol. The van der Waals surface area contributed by atoms with Gasteiger partial charge in [0.1, 0.15) is 0 Å². The Morgan fingerprint density at radius 1 is 1.55 bits per heavy atom. The van der Waals surface area contributed by atoms with E-state index in [0.29, 0.717) is 5.92 Å². The van der Waals surface area contributed by atoms with Crippen LogP contribution in [0.15, 0.2) is 10.2 Å². The lowest BCUT2D eigenvalue weighted by Crippen LogP contribution is -2.34. The zero-order valence-electron chi connectivity index (χ0n) is 6.41. The standard InChI is InChI=1S/C7H10N2O2/c1-5(10)11-7(8-9-7)6-3-2-4-6/h6H,2-4H2,1H3. The van der Waals surface area contributed by atoms with Crippen molar-refractivity contribution in [2.45, 2.75) is 32.0 Å². The highest BCUT2D eigenvalue weighted by atomic mass is 16.6. The van der Waals surface area contributed by atoms with Crippen LogP contribution in [0.3, 0.4) is 0 Å². The first-order chi connectivity index (χ1) is 5.23. The second kappa shape index (κ2) is 2.03. The third-order valence-electron chi connectivity index (χ3n) is 2.23.